The molecule has 0 saturated carbocycles. The number of carbonyl (C=O) groups excluding carboxylic acids is 1. The highest BCUT2D eigenvalue weighted by Crippen LogP contribution is 2.22. The summed E-state index contributed by atoms with van der Waals surface area (Å²) in [5.74, 6) is -0.248. The molecule has 1 aliphatic rings. The first kappa shape index (κ1) is 14.3. The lowest BCUT2D eigenvalue weighted by Gasteiger charge is -2.00. The summed E-state index contributed by atoms with van der Waals surface area (Å²) in [7, 11) is 0. The zero-order chi connectivity index (χ0) is 15.4. The van der Waals surface area contributed by atoms with E-state index in [9.17, 15) is 4.79 Å². The fourth-order valence-electron chi connectivity index (χ4n) is 1.99. The van der Waals surface area contributed by atoms with Gasteiger partial charge in [-0.1, -0.05) is 66.2 Å². The molecule has 108 valence electrons. The number of halogens is 1. The summed E-state index contributed by atoms with van der Waals surface area (Å²) in [6, 6.07) is 16.9. The van der Waals surface area contributed by atoms with Crippen molar-refractivity contribution in [2.75, 3.05) is 0 Å². The van der Waals surface area contributed by atoms with Crippen molar-refractivity contribution in [3.63, 3.8) is 0 Å². The van der Waals surface area contributed by atoms with Gasteiger partial charge in [-0.05, 0) is 23.8 Å². The molecular formula is C18H12ClNO2. The minimum atomic E-state index is -0.479. The molecule has 0 bridgehead atoms. The SMILES string of the molecule is O=C1OC(c2ccccc2Cl)=NC1=CC=Cc1ccccc1. The number of hydrogen-bond donors (Lipinski definition) is 0. The second kappa shape index (κ2) is 6.41. The smallest absolute Gasteiger partial charge is 0.363 e. The third kappa shape index (κ3) is 3.15. The monoisotopic (exact) mass is 309 g/mol. The Kier molecular flexibility index (Phi) is 4.17. The van der Waals surface area contributed by atoms with Gasteiger partial charge in [0.1, 0.15) is 0 Å². The number of ether oxygens (including phenoxy) is 1. The van der Waals surface area contributed by atoms with E-state index < -0.39 is 5.97 Å². The van der Waals surface area contributed by atoms with Crippen molar-refractivity contribution in [3.8, 4) is 0 Å². The second-order valence-electron chi connectivity index (χ2n) is 4.61. The van der Waals surface area contributed by atoms with Gasteiger partial charge in [-0.2, -0.15) is 0 Å². The molecule has 1 heterocycles. The van der Waals surface area contributed by atoms with Crippen LogP contribution in [0.5, 0.6) is 0 Å². The van der Waals surface area contributed by atoms with Gasteiger partial charge in [0.2, 0.25) is 5.90 Å². The Morgan fingerprint density at radius 2 is 1.73 bits per heavy atom. The van der Waals surface area contributed by atoms with Gasteiger partial charge in [-0.3, -0.25) is 0 Å². The highest BCUT2D eigenvalue weighted by Gasteiger charge is 2.24. The summed E-state index contributed by atoms with van der Waals surface area (Å²) in [4.78, 5) is 16.0. The normalized spacial score (nSPS) is 16.1. The molecule has 0 amide bonds. The van der Waals surface area contributed by atoms with E-state index in [1.54, 1.807) is 24.3 Å². The zero-order valence-electron chi connectivity index (χ0n) is 11.6. The summed E-state index contributed by atoms with van der Waals surface area (Å²) in [6.45, 7) is 0. The standard InChI is InChI=1S/C18H12ClNO2/c19-15-11-5-4-10-14(15)17-20-16(18(21)22-17)12-6-9-13-7-2-1-3-8-13/h1-12H. The summed E-state index contributed by atoms with van der Waals surface area (Å²) in [5, 5.41) is 0.495. The van der Waals surface area contributed by atoms with Crippen LogP contribution in [0, 0.1) is 0 Å². The van der Waals surface area contributed by atoms with Crippen LogP contribution in [-0.4, -0.2) is 11.9 Å². The molecule has 4 heteroatoms. The lowest BCUT2D eigenvalue weighted by molar-refractivity contribution is -0.130. The van der Waals surface area contributed by atoms with E-state index in [4.69, 9.17) is 16.3 Å². The molecule has 0 spiro atoms. The predicted molar refractivity (Wildman–Crippen MR) is 87.6 cm³/mol. The van der Waals surface area contributed by atoms with Gasteiger partial charge in [0, 0.05) is 0 Å². The Hall–Kier alpha value is -2.65. The number of rotatable bonds is 3. The van der Waals surface area contributed by atoms with Gasteiger partial charge in [0.15, 0.2) is 5.70 Å². The third-order valence-electron chi connectivity index (χ3n) is 3.07. The average molecular weight is 310 g/mol. The molecule has 0 unspecified atom stereocenters. The van der Waals surface area contributed by atoms with Gasteiger partial charge >= 0.3 is 5.97 Å². The predicted octanol–water partition coefficient (Wildman–Crippen LogP) is 4.24. The Labute approximate surface area is 133 Å². The molecule has 0 radical (unpaired) electrons. The van der Waals surface area contributed by atoms with E-state index in [1.165, 1.54) is 0 Å². The average Bonchev–Trinajstić information content (AvgIpc) is 2.90. The van der Waals surface area contributed by atoms with Gasteiger partial charge < -0.3 is 4.74 Å². The number of nitrogens with zero attached hydrogens (tertiary/aromatic N) is 1. The first-order chi connectivity index (χ1) is 10.7. The number of hydrogen-bond acceptors (Lipinski definition) is 3. The Bertz CT molecular complexity index is 792. The van der Waals surface area contributed by atoms with Crippen LogP contribution >= 0.6 is 11.6 Å². The molecule has 22 heavy (non-hydrogen) atoms. The second-order valence-corrected chi connectivity index (χ2v) is 5.02. The largest absolute Gasteiger partial charge is 0.402 e. The van der Waals surface area contributed by atoms with E-state index in [2.05, 4.69) is 4.99 Å². The number of cyclic esters (lactones) is 1. The van der Waals surface area contributed by atoms with Crippen LogP contribution in [0.2, 0.25) is 5.02 Å². The number of carbonyl (C=O) groups is 1. The topological polar surface area (TPSA) is 38.7 Å². The van der Waals surface area contributed by atoms with E-state index in [0.29, 0.717) is 10.6 Å². The summed E-state index contributed by atoms with van der Waals surface area (Å²) < 4.78 is 5.17. The van der Waals surface area contributed by atoms with E-state index >= 15 is 0 Å². The van der Waals surface area contributed by atoms with E-state index in [1.807, 2.05) is 48.5 Å². The molecule has 0 aromatic heterocycles. The highest BCUT2D eigenvalue weighted by atomic mass is 35.5. The molecule has 2 aromatic carbocycles. The van der Waals surface area contributed by atoms with Gasteiger partial charge in [-0.25, -0.2) is 9.79 Å². The van der Waals surface area contributed by atoms with Crippen molar-refractivity contribution in [3.05, 3.63) is 88.6 Å². The molecule has 2 aromatic rings. The maximum Gasteiger partial charge on any atom is 0.363 e. The minimum absolute atomic E-state index is 0.231. The number of esters is 1. The maximum absolute atomic E-state index is 11.8. The molecule has 0 fully saturated rings. The zero-order valence-corrected chi connectivity index (χ0v) is 12.3. The number of allylic oxidation sites excluding steroid dienone is 2. The molecular weight excluding hydrogens is 298 g/mol. The van der Waals surface area contributed by atoms with Crippen molar-refractivity contribution in [2.45, 2.75) is 0 Å². The molecule has 0 N–H and O–H groups in total. The van der Waals surface area contributed by atoms with Crippen molar-refractivity contribution in [1.82, 2.24) is 0 Å². The molecule has 3 nitrogen and oxygen atoms in total. The Balaban J connectivity index is 1.83. The van der Waals surface area contributed by atoms with Crippen molar-refractivity contribution in [1.29, 1.82) is 0 Å². The first-order valence-corrected chi connectivity index (χ1v) is 7.11. The minimum Gasteiger partial charge on any atom is -0.402 e. The van der Waals surface area contributed by atoms with E-state index in [0.717, 1.165) is 5.56 Å². The van der Waals surface area contributed by atoms with Crippen LogP contribution in [0.25, 0.3) is 6.08 Å². The molecule has 3 rings (SSSR count). The van der Waals surface area contributed by atoms with Crippen LogP contribution in [0.15, 0.2) is 77.4 Å². The fourth-order valence-corrected chi connectivity index (χ4v) is 2.20. The van der Waals surface area contributed by atoms with Crippen molar-refractivity contribution < 1.29 is 9.53 Å². The summed E-state index contributed by atoms with van der Waals surface area (Å²) >= 11 is 6.08. The lowest BCUT2D eigenvalue weighted by Crippen LogP contribution is -2.05. The van der Waals surface area contributed by atoms with Crippen LogP contribution < -0.4 is 0 Å². The lowest BCUT2D eigenvalue weighted by atomic mass is 10.2. The number of aliphatic imine (C=N–C) groups is 1. The number of benzene rings is 2. The quantitative estimate of drug-likeness (QED) is 0.628. The van der Waals surface area contributed by atoms with Crippen molar-refractivity contribution in [2.24, 2.45) is 4.99 Å². The molecule has 0 saturated heterocycles. The molecule has 0 aliphatic carbocycles. The maximum atomic E-state index is 11.8. The molecule has 1 aliphatic heterocycles. The van der Waals surface area contributed by atoms with Crippen LogP contribution in [0.1, 0.15) is 11.1 Å². The summed E-state index contributed by atoms with van der Waals surface area (Å²) in [6.07, 6.45) is 5.29. The summed E-state index contributed by atoms with van der Waals surface area (Å²) in [5.41, 5.74) is 1.90. The highest BCUT2D eigenvalue weighted by molar-refractivity contribution is 6.34. The van der Waals surface area contributed by atoms with Crippen LogP contribution in [0.3, 0.4) is 0 Å². The van der Waals surface area contributed by atoms with Gasteiger partial charge in [0.05, 0.1) is 10.6 Å². The van der Waals surface area contributed by atoms with Crippen LogP contribution in [-0.2, 0) is 9.53 Å². The van der Waals surface area contributed by atoms with Crippen molar-refractivity contribution >= 4 is 29.5 Å². The van der Waals surface area contributed by atoms with Gasteiger partial charge in [-0.15, -0.1) is 0 Å². The fraction of sp³-hybridized carbons (Fsp3) is 0. The molecule has 0 atom stereocenters. The third-order valence-corrected chi connectivity index (χ3v) is 3.40. The Morgan fingerprint density at radius 1 is 1.00 bits per heavy atom. The first-order valence-electron chi connectivity index (χ1n) is 6.73. The van der Waals surface area contributed by atoms with Crippen LogP contribution in [0.4, 0.5) is 0 Å². The Morgan fingerprint density at radius 3 is 2.50 bits per heavy atom. The van der Waals surface area contributed by atoms with E-state index in [-0.39, 0.29) is 11.6 Å². The van der Waals surface area contributed by atoms with Gasteiger partial charge in [0.25, 0.3) is 0 Å².